The molecule has 0 saturated carbocycles. The fourth-order valence-corrected chi connectivity index (χ4v) is 1.50. The fraction of sp³-hybridized carbons (Fsp3) is 0.357. The Bertz CT molecular complexity index is 403. The number of rotatable bonds is 5. The standard InChI is InChI=1S/C14H17NO2/c1-2-10-15(12-14(16)17)11-6-9-13-7-4-3-5-8-13/h3-5,7-8H,2,10-12H2,1H3,(H,16,17). The highest BCUT2D eigenvalue weighted by atomic mass is 16.4. The Morgan fingerprint density at radius 1 is 1.35 bits per heavy atom. The second-order valence-electron chi connectivity index (χ2n) is 3.77. The zero-order valence-electron chi connectivity index (χ0n) is 10.0. The van der Waals surface area contributed by atoms with Crippen LogP contribution in [0.4, 0.5) is 0 Å². The Hall–Kier alpha value is -1.79. The van der Waals surface area contributed by atoms with Crippen LogP contribution in [-0.4, -0.2) is 35.6 Å². The van der Waals surface area contributed by atoms with Crippen molar-refractivity contribution in [1.82, 2.24) is 4.90 Å². The van der Waals surface area contributed by atoms with Crippen LogP contribution in [-0.2, 0) is 4.79 Å². The zero-order chi connectivity index (χ0) is 12.5. The molecule has 0 aliphatic heterocycles. The van der Waals surface area contributed by atoms with Crippen molar-refractivity contribution in [2.75, 3.05) is 19.6 Å². The number of hydrogen-bond acceptors (Lipinski definition) is 2. The predicted molar refractivity (Wildman–Crippen MR) is 67.7 cm³/mol. The van der Waals surface area contributed by atoms with Crippen LogP contribution >= 0.6 is 0 Å². The Morgan fingerprint density at radius 3 is 2.65 bits per heavy atom. The summed E-state index contributed by atoms with van der Waals surface area (Å²) < 4.78 is 0. The van der Waals surface area contributed by atoms with E-state index in [1.54, 1.807) is 0 Å². The molecule has 17 heavy (non-hydrogen) atoms. The van der Waals surface area contributed by atoms with Gasteiger partial charge < -0.3 is 5.11 Å². The van der Waals surface area contributed by atoms with Gasteiger partial charge in [0.1, 0.15) is 0 Å². The lowest BCUT2D eigenvalue weighted by molar-refractivity contribution is -0.138. The molecule has 0 unspecified atom stereocenters. The summed E-state index contributed by atoms with van der Waals surface area (Å²) in [5.74, 6) is 5.22. The Morgan fingerprint density at radius 2 is 2.06 bits per heavy atom. The van der Waals surface area contributed by atoms with E-state index in [0.29, 0.717) is 6.54 Å². The van der Waals surface area contributed by atoms with E-state index in [-0.39, 0.29) is 6.54 Å². The monoisotopic (exact) mass is 231 g/mol. The molecule has 0 saturated heterocycles. The summed E-state index contributed by atoms with van der Waals surface area (Å²) >= 11 is 0. The molecule has 1 rings (SSSR count). The van der Waals surface area contributed by atoms with Gasteiger partial charge in [0.15, 0.2) is 0 Å². The number of carboxylic acid groups (broad SMARTS) is 1. The Kier molecular flexibility index (Phi) is 5.84. The average Bonchev–Trinajstić information content (AvgIpc) is 2.30. The minimum atomic E-state index is -0.806. The van der Waals surface area contributed by atoms with Gasteiger partial charge in [-0.05, 0) is 25.1 Å². The molecule has 3 nitrogen and oxygen atoms in total. The highest BCUT2D eigenvalue weighted by Gasteiger charge is 2.06. The molecule has 0 spiro atoms. The maximum absolute atomic E-state index is 10.6. The van der Waals surface area contributed by atoms with E-state index >= 15 is 0 Å². The first-order chi connectivity index (χ1) is 8.22. The first kappa shape index (κ1) is 13.3. The van der Waals surface area contributed by atoms with Gasteiger partial charge in [-0.1, -0.05) is 37.0 Å². The van der Waals surface area contributed by atoms with Gasteiger partial charge in [-0.25, -0.2) is 0 Å². The molecule has 0 fully saturated rings. The van der Waals surface area contributed by atoms with Gasteiger partial charge in [0, 0.05) is 5.56 Å². The summed E-state index contributed by atoms with van der Waals surface area (Å²) in [4.78, 5) is 12.5. The van der Waals surface area contributed by atoms with E-state index in [4.69, 9.17) is 5.11 Å². The van der Waals surface area contributed by atoms with E-state index in [1.807, 2.05) is 42.2 Å². The van der Waals surface area contributed by atoms with E-state index in [1.165, 1.54) is 0 Å². The van der Waals surface area contributed by atoms with Crippen molar-refractivity contribution in [2.45, 2.75) is 13.3 Å². The first-order valence-electron chi connectivity index (χ1n) is 5.70. The highest BCUT2D eigenvalue weighted by Crippen LogP contribution is 1.95. The lowest BCUT2D eigenvalue weighted by Gasteiger charge is -2.15. The van der Waals surface area contributed by atoms with Crippen LogP contribution in [0.5, 0.6) is 0 Å². The van der Waals surface area contributed by atoms with Crippen molar-refractivity contribution < 1.29 is 9.90 Å². The third kappa shape index (κ3) is 5.74. The smallest absolute Gasteiger partial charge is 0.317 e. The van der Waals surface area contributed by atoms with Crippen LogP contribution in [0.25, 0.3) is 0 Å². The summed E-state index contributed by atoms with van der Waals surface area (Å²) in [6.45, 7) is 3.33. The lowest BCUT2D eigenvalue weighted by Crippen LogP contribution is -2.30. The second-order valence-corrected chi connectivity index (χ2v) is 3.77. The maximum Gasteiger partial charge on any atom is 0.317 e. The third-order valence-electron chi connectivity index (χ3n) is 2.21. The van der Waals surface area contributed by atoms with Crippen molar-refractivity contribution >= 4 is 5.97 Å². The number of aliphatic carboxylic acids is 1. The molecule has 0 heterocycles. The normalized spacial score (nSPS) is 9.76. The molecule has 0 radical (unpaired) electrons. The molecule has 1 N–H and O–H groups in total. The summed E-state index contributed by atoms with van der Waals surface area (Å²) in [5, 5.41) is 8.74. The van der Waals surface area contributed by atoms with E-state index < -0.39 is 5.97 Å². The molecular formula is C14H17NO2. The summed E-state index contributed by atoms with van der Waals surface area (Å²) in [6, 6.07) is 9.69. The van der Waals surface area contributed by atoms with Crippen LogP contribution in [0.2, 0.25) is 0 Å². The molecule has 0 aromatic heterocycles. The quantitative estimate of drug-likeness (QED) is 0.786. The maximum atomic E-state index is 10.6. The first-order valence-corrected chi connectivity index (χ1v) is 5.70. The fourth-order valence-electron chi connectivity index (χ4n) is 1.50. The van der Waals surface area contributed by atoms with Crippen LogP contribution < -0.4 is 0 Å². The lowest BCUT2D eigenvalue weighted by atomic mass is 10.2. The van der Waals surface area contributed by atoms with Gasteiger partial charge in [-0.2, -0.15) is 0 Å². The SMILES string of the molecule is CCCN(CC#Cc1ccccc1)CC(=O)O. The van der Waals surface area contributed by atoms with E-state index in [2.05, 4.69) is 11.8 Å². The number of hydrogen-bond donors (Lipinski definition) is 1. The van der Waals surface area contributed by atoms with Gasteiger partial charge in [-0.15, -0.1) is 0 Å². The zero-order valence-corrected chi connectivity index (χ0v) is 10.0. The van der Waals surface area contributed by atoms with Gasteiger partial charge in [0.25, 0.3) is 0 Å². The largest absolute Gasteiger partial charge is 0.480 e. The molecule has 0 amide bonds. The molecule has 0 aliphatic carbocycles. The van der Waals surface area contributed by atoms with Crippen LogP contribution in [0.15, 0.2) is 30.3 Å². The van der Waals surface area contributed by atoms with Crippen molar-refractivity contribution in [1.29, 1.82) is 0 Å². The van der Waals surface area contributed by atoms with Crippen molar-refractivity contribution in [2.24, 2.45) is 0 Å². The number of carboxylic acids is 1. The highest BCUT2D eigenvalue weighted by molar-refractivity contribution is 5.69. The van der Waals surface area contributed by atoms with Gasteiger partial charge in [-0.3, -0.25) is 9.69 Å². The molecule has 90 valence electrons. The molecule has 0 aliphatic rings. The summed E-state index contributed by atoms with van der Waals surface area (Å²) in [5.41, 5.74) is 0.958. The molecule has 0 atom stereocenters. The minimum Gasteiger partial charge on any atom is -0.480 e. The van der Waals surface area contributed by atoms with Crippen LogP contribution in [0.1, 0.15) is 18.9 Å². The van der Waals surface area contributed by atoms with Gasteiger partial charge in [0.2, 0.25) is 0 Å². The summed E-state index contributed by atoms with van der Waals surface area (Å²) in [6.07, 6.45) is 0.931. The van der Waals surface area contributed by atoms with Crippen LogP contribution in [0, 0.1) is 11.8 Å². The molecule has 3 heteroatoms. The average molecular weight is 231 g/mol. The number of carbonyl (C=O) groups is 1. The minimum absolute atomic E-state index is 0.0529. The number of benzene rings is 1. The van der Waals surface area contributed by atoms with Crippen molar-refractivity contribution in [3.63, 3.8) is 0 Å². The summed E-state index contributed by atoms with van der Waals surface area (Å²) in [7, 11) is 0. The third-order valence-corrected chi connectivity index (χ3v) is 2.21. The van der Waals surface area contributed by atoms with Gasteiger partial charge in [0.05, 0.1) is 13.1 Å². The van der Waals surface area contributed by atoms with E-state index in [9.17, 15) is 4.79 Å². The molecule has 0 bridgehead atoms. The second kappa shape index (κ2) is 7.48. The molecule has 1 aromatic carbocycles. The Balaban J connectivity index is 2.51. The Labute approximate surface area is 102 Å². The topological polar surface area (TPSA) is 40.5 Å². The molecular weight excluding hydrogens is 214 g/mol. The molecule has 1 aromatic rings. The van der Waals surface area contributed by atoms with E-state index in [0.717, 1.165) is 18.5 Å². The number of nitrogens with zero attached hydrogens (tertiary/aromatic N) is 1. The van der Waals surface area contributed by atoms with Crippen molar-refractivity contribution in [3.05, 3.63) is 35.9 Å². The predicted octanol–water partition coefficient (Wildman–Crippen LogP) is 1.83. The van der Waals surface area contributed by atoms with Crippen molar-refractivity contribution in [3.8, 4) is 11.8 Å². The van der Waals surface area contributed by atoms with Crippen LogP contribution in [0.3, 0.4) is 0 Å². The van der Waals surface area contributed by atoms with Gasteiger partial charge >= 0.3 is 5.97 Å².